The number of methoxy groups -OCH3 is 1. The number of nitrogens with one attached hydrogen (secondary N) is 1. The highest BCUT2D eigenvalue weighted by Crippen LogP contribution is 2.52. The van der Waals surface area contributed by atoms with Crippen LogP contribution in [0.3, 0.4) is 0 Å². The molecule has 0 saturated heterocycles. The lowest BCUT2D eigenvalue weighted by atomic mass is 9.81. The SMILES string of the molecule is COc1cc(C(=O)O)c(C)c2c1OC(C)(C1CCC(NC(=O)OC(C)(C)C)CC1)O2. The molecule has 1 saturated carbocycles. The Hall–Kier alpha value is -2.64. The van der Waals surface area contributed by atoms with Crippen molar-refractivity contribution in [2.24, 2.45) is 5.92 Å². The van der Waals surface area contributed by atoms with E-state index in [2.05, 4.69) is 5.32 Å². The summed E-state index contributed by atoms with van der Waals surface area (Å²) in [7, 11) is 1.48. The number of carboxylic acids is 1. The third-order valence-electron chi connectivity index (χ3n) is 5.70. The van der Waals surface area contributed by atoms with Gasteiger partial charge >= 0.3 is 12.1 Å². The first kappa shape index (κ1) is 22.1. The molecule has 3 rings (SSSR count). The van der Waals surface area contributed by atoms with Crippen molar-refractivity contribution in [2.75, 3.05) is 7.11 Å². The maximum absolute atomic E-state index is 12.0. The summed E-state index contributed by atoms with van der Waals surface area (Å²) in [4.78, 5) is 23.6. The number of alkyl carbamates (subject to hydrolysis) is 1. The maximum atomic E-state index is 12.0. The van der Waals surface area contributed by atoms with Crippen molar-refractivity contribution in [1.82, 2.24) is 5.32 Å². The van der Waals surface area contributed by atoms with Crippen molar-refractivity contribution < 1.29 is 33.6 Å². The molecule has 1 atom stereocenters. The van der Waals surface area contributed by atoms with Crippen LogP contribution in [0.4, 0.5) is 4.79 Å². The molecule has 1 heterocycles. The van der Waals surface area contributed by atoms with Gasteiger partial charge in [-0.25, -0.2) is 9.59 Å². The summed E-state index contributed by atoms with van der Waals surface area (Å²) >= 11 is 0. The molecule has 0 radical (unpaired) electrons. The number of carboxylic acid groups (broad SMARTS) is 1. The van der Waals surface area contributed by atoms with E-state index < -0.39 is 23.5 Å². The molecule has 0 bridgehead atoms. The van der Waals surface area contributed by atoms with Crippen LogP contribution >= 0.6 is 0 Å². The molecule has 1 aliphatic heterocycles. The van der Waals surface area contributed by atoms with Crippen molar-refractivity contribution >= 4 is 12.1 Å². The minimum atomic E-state index is -1.04. The lowest BCUT2D eigenvalue weighted by Gasteiger charge is -2.37. The Kier molecular flexibility index (Phi) is 5.80. The second kappa shape index (κ2) is 7.89. The molecule has 1 fully saturated rings. The van der Waals surface area contributed by atoms with E-state index in [1.165, 1.54) is 13.2 Å². The molecule has 8 heteroatoms. The molecule has 2 aliphatic rings. The van der Waals surface area contributed by atoms with E-state index in [4.69, 9.17) is 18.9 Å². The standard InChI is InChI=1S/C22H31NO7/c1-12-15(19(24)25)11-16(27-6)18-17(12)28-22(5,29-18)13-7-9-14(10-8-13)23-20(26)30-21(2,3)4/h11,13-14H,7-10H2,1-6H3,(H,23,26)(H,24,25). The van der Waals surface area contributed by atoms with Crippen LogP contribution in [0.2, 0.25) is 0 Å². The third-order valence-corrected chi connectivity index (χ3v) is 5.70. The summed E-state index contributed by atoms with van der Waals surface area (Å²) in [6.45, 7) is 9.09. The van der Waals surface area contributed by atoms with Gasteiger partial charge in [-0.1, -0.05) is 0 Å². The van der Waals surface area contributed by atoms with E-state index in [1.807, 2.05) is 27.7 Å². The molecule has 1 aromatic rings. The van der Waals surface area contributed by atoms with Gasteiger partial charge in [0, 0.05) is 24.4 Å². The number of rotatable bonds is 4. The number of fused-ring (bicyclic) bond motifs is 1. The fraction of sp³-hybridized carbons (Fsp3) is 0.636. The predicted molar refractivity (Wildman–Crippen MR) is 109 cm³/mol. The fourth-order valence-electron chi connectivity index (χ4n) is 4.13. The molecular weight excluding hydrogens is 390 g/mol. The van der Waals surface area contributed by atoms with Gasteiger partial charge in [-0.15, -0.1) is 0 Å². The summed E-state index contributed by atoms with van der Waals surface area (Å²) in [5.74, 6) is -0.677. The van der Waals surface area contributed by atoms with Crippen LogP contribution in [0, 0.1) is 12.8 Å². The number of ether oxygens (including phenoxy) is 4. The smallest absolute Gasteiger partial charge is 0.407 e. The Labute approximate surface area is 176 Å². The molecule has 1 aliphatic carbocycles. The zero-order valence-electron chi connectivity index (χ0n) is 18.5. The lowest BCUT2D eigenvalue weighted by Crippen LogP contribution is -2.48. The van der Waals surface area contributed by atoms with Crippen LogP contribution in [-0.2, 0) is 4.74 Å². The van der Waals surface area contributed by atoms with Crippen molar-refractivity contribution in [1.29, 1.82) is 0 Å². The molecule has 2 N–H and O–H groups in total. The number of carbonyl (C=O) groups excluding carboxylic acids is 1. The molecule has 1 unspecified atom stereocenters. The van der Waals surface area contributed by atoms with Crippen LogP contribution < -0.4 is 19.5 Å². The van der Waals surface area contributed by atoms with E-state index in [1.54, 1.807) is 6.92 Å². The largest absolute Gasteiger partial charge is 0.493 e. The highest BCUT2D eigenvalue weighted by Gasteiger charge is 2.48. The monoisotopic (exact) mass is 421 g/mol. The van der Waals surface area contributed by atoms with Gasteiger partial charge in [0.2, 0.25) is 5.75 Å². The van der Waals surface area contributed by atoms with E-state index in [0.29, 0.717) is 22.8 Å². The minimum absolute atomic E-state index is 0.0402. The Morgan fingerprint density at radius 1 is 1.17 bits per heavy atom. The van der Waals surface area contributed by atoms with Crippen LogP contribution in [-0.4, -0.2) is 41.7 Å². The number of hydrogen-bond acceptors (Lipinski definition) is 6. The van der Waals surface area contributed by atoms with Crippen LogP contribution in [0.15, 0.2) is 6.07 Å². The molecule has 1 amide bonds. The Morgan fingerprint density at radius 3 is 2.30 bits per heavy atom. The Bertz CT molecular complexity index is 837. The number of hydrogen-bond donors (Lipinski definition) is 2. The van der Waals surface area contributed by atoms with Crippen molar-refractivity contribution in [3.63, 3.8) is 0 Å². The molecular formula is C22H31NO7. The first-order chi connectivity index (χ1) is 13.9. The summed E-state index contributed by atoms with van der Waals surface area (Å²) < 4.78 is 23.1. The predicted octanol–water partition coefficient (Wildman–Crippen LogP) is 4.27. The van der Waals surface area contributed by atoms with Gasteiger partial charge in [-0.2, -0.15) is 0 Å². The first-order valence-electron chi connectivity index (χ1n) is 10.3. The van der Waals surface area contributed by atoms with E-state index in [0.717, 1.165) is 25.7 Å². The van der Waals surface area contributed by atoms with Gasteiger partial charge in [0.05, 0.1) is 12.7 Å². The zero-order chi connectivity index (χ0) is 22.3. The topological polar surface area (TPSA) is 103 Å². The molecule has 30 heavy (non-hydrogen) atoms. The summed E-state index contributed by atoms with van der Waals surface area (Å²) in [5.41, 5.74) is 0.114. The number of benzene rings is 1. The van der Waals surface area contributed by atoms with Crippen molar-refractivity contribution in [3.8, 4) is 17.2 Å². The zero-order valence-corrected chi connectivity index (χ0v) is 18.5. The number of aromatic carboxylic acids is 1. The van der Waals surface area contributed by atoms with E-state index >= 15 is 0 Å². The van der Waals surface area contributed by atoms with Crippen molar-refractivity contribution in [2.45, 2.75) is 77.7 Å². The average Bonchev–Trinajstić information content (AvgIpc) is 3.00. The van der Waals surface area contributed by atoms with E-state index in [9.17, 15) is 14.7 Å². The lowest BCUT2D eigenvalue weighted by molar-refractivity contribution is -0.121. The van der Waals surface area contributed by atoms with Crippen LogP contribution in [0.25, 0.3) is 0 Å². The molecule has 166 valence electrons. The number of amides is 1. The quantitative estimate of drug-likeness (QED) is 0.748. The number of carbonyl (C=O) groups is 2. The molecule has 8 nitrogen and oxygen atoms in total. The maximum Gasteiger partial charge on any atom is 0.407 e. The average molecular weight is 421 g/mol. The van der Waals surface area contributed by atoms with Gasteiger partial charge in [-0.3, -0.25) is 0 Å². The summed E-state index contributed by atoms with van der Waals surface area (Å²) in [6, 6.07) is 1.51. The second-order valence-corrected chi connectivity index (χ2v) is 9.13. The van der Waals surface area contributed by atoms with Gasteiger partial charge in [0.15, 0.2) is 11.5 Å². The molecule has 1 aromatic carbocycles. The second-order valence-electron chi connectivity index (χ2n) is 9.13. The Morgan fingerprint density at radius 2 is 1.77 bits per heavy atom. The van der Waals surface area contributed by atoms with Gasteiger partial charge in [0.25, 0.3) is 5.79 Å². The van der Waals surface area contributed by atoms with Gasteiger partial charge in [0.1, 0.15) is 5.60 Å². The molecule has 0 aromatic heterocycles. The summed E-state index contributed by atoms with van der Waals surface area (Å²) in [5, 5.41) is 12.4. The minimum Gasteiger partial charge on any atom is -0.493 e. The Balaban J connectivity index is 1.69. The van der Waals surface area contributed by atoms with Gasteiger partial charge < -0.3 is 29.4 Å². The third kappa shape index (κ3) is 4.42. The van der Waals surface area contributed by atoms with Gasteiger partial charge in [-0.05, 0) is 59.4 Å². The highest BCUT2D eigenvalue weighted by atomic mass is 16.7. The van der Waals surface area contributed by atoms with Crippen LogP contribution in [0.1, 0.15) is 69.3 Å². The normalized spacial score (nSPS) is 25.5. The molecule has 0 spiro atoms. The summed E-state index contributed by atoms with van der Waals surface area (Å²) in [6.07, 6.45) is 2.73. The van der Waals surface area contributed by atoms with Crippen LogP contribution in [0.5, 0.6) is 17.2 Å². The van der Waals surface area contributed by atoms with E-state index in [-0.39, 0.29) is 17.5 Å². The van der Waals surface area contributed by atoms with Crippen molar-refractivity contribution in [3.05, 3.63) is 17.2 Å². The first-order valence-corrected chi connectivity index (χ1v) is 10.3. The fourth-order valence-corrected chi connectivity index (χ4v) is 4.13. The highest BCUT2D eigenvalue weighted by molar-refractivity contribution is 5.92.